The fourth-order valence-corrected chi connectivity index (χ4v) is 1.62. The molecule has 0 bridgehead atoms. The first kappa shape index (κ1) is 13.9. The highest BCUT2D eigenvalue weighted by molar-refractivity contribution is 9.10. The van der Waals surface area contributed by atoms with E-state index in [9.17, 15) is 22.4 Å². The first-order valence-corrected chi connectivity index (χ1v) is 5.06. The fraction of sp³-hybridized carbons (Fsp3) is 0.222. The first-order chi connectivity index (χ1) is 7.82. The molecule has 0 radical (unpaired) electrons. The Kier molecular flexibility index (Phi) is 4.10. The van der Waals surface area contributed by atoms with Crippen molar-refractivity contribution < 1.29 is 27.5 Å². The van der Waals surface area contributed by atoms with Crippen LogP contribution < -0.4 is 5.73 Å². The molecule has 0 aliphatic carbocycles. The average Bonchev–Trinajstić information content (AvgIpc) is 2.29. The Bertz CT molecular complexity index is 452. The predicted molar refractivity (Wildman–Crippen MR) is 53.4 cm³/mol. The molecule has 0 aromatic heterocycles. The zero-order valence-electron chi connectivity index (χ0n) is 8.11. The number of carboxylic acids is 1. The second-order valence-corrected chi connectivity index (χ2v) is 3.90. The SMILES string of the molecule is NCC(C(=O)O)c1c(F)c(F)c(Br)c(F)c1F. The van der Waals surface area contributed by atoms with Crippen molar-refractivity contribution in [3.63, 3.8) is 0 Å². The molecule has 3 nitrogen and oxygen atoms in total. The molecule has 1 aromatic rings. The normalized spacial score (nSPS) is 12.6. The van der Waals surface area contributed by atoms with Crippen LogP contribution in [-0.4, -0.2) is 17.6 Å². The molecule has 1 unspecified atom stereocenters. The van der Waals surface area contributed by atoms with Gasteiger partial charge in [0.05, 0.1) is 10.4 Å². The van der Waals surface area contributed by atoms with Crippen LogP contribution in [0.1, 0.15) is 11.5 Å². The molecule has 0 aliphatic rings. The van der Waals surface area contributed by atoms with Crippen LogP contribution in [0.5, 0.6) is 0 Å². The topological polar surface area (TPSA) is 63.3 Å². The molecule has 0 fully saturated rings. The van der Waals surface area contributed by atoms with Crippen molar-refractivity contribution in [1.82, 2.24) is 0 Å². The molecule has 1 atom stereocenters. The van der Waals surface area contributed by atoms with Gasteiger partial charge in [0, 0.05) is 12.1 Å². The molecule has 1 rings (SSSR count). The number of aliphatic carboxylic acids is 1. The molecule has 94 valence electrons. The van der Waals surface area contributed by atoms with Gasteiger partial charge in [-0.1, -0.05) is 0 Å². The van der Waals surface area contributed by atoms with E-state index in [4.69, 9.17) is 10.8 Å². The molecule has 0 amide bonds. The molecule has 1 aromatic carbocycles. The summed E-state index contributed by atoms with van der Waals surface area (Å²) >= 11 is 2.31. The van der Waals surface area contributed by atoms with Gasteiger partial charge in [0.1, 0.15) is 0 Å². The van der Waals surface area contributed by atoms with Crippen molar-refractivity contribution in [2.24, 2.45) is 5.73 Å². The minimum atomic E-state index is -1.85. The second kappa shape index (κ2) is 5.01. The molecule has 8 heteroatoms. The number of nitrogens with two attached hydrogens (primary N) is 1. The van der Waals surface area contributed by atoms with Crippen LogP contribution in [0.3, 0.4) is 0 Å². The predicted octanol–water partition coefficient (Wildman–Crippen LogP) is 2.13. The quantitative estimate of drug-likeness (QED) is 0.510. The van der Waals surface area contributed by atoms with Gasteiger partial charge in [0.2, 0.25) is 0 Å². The Morgan fingerprint density at radius 1 is 1.18 bits per heavy atom. The number of benzene rings is 1. The van der Waals surface area contributed by atoms with Crippen molar-refractivity contribution in [2.45, 2.75) is 5.92 Å². The highest BCUT2D eigenvalue weighted by Gasteiger charge is 2.32. The van der Waals surface area contributed by atoms with Crippen LogP contribution in [0.15, 0.2) is 4.47 Å². The first-order valence-electron chi connectivity index (χ1n) is 4.27. The minimum absolute atomic E-state index is 0.691. The Hall–Kier alpha value is -1.15. The number of carbonyl (C=O) groups is 1. The summed E-state index contributed by atoms with van der Waals surface area (Å²) in [5.74, 6) is -10.5. The largest absolute Gasteiger partial charge is 0.481 e. The summed E-state index contributed by atoms with van der Waals surface area (Å²) < 4.78 is 52.0. The Labute approximate surface area is 101 Å². The van der Waals surface area contributed by atoms with Crippen molar-refractivity contribution >= 4 is 21.9 Å². The van der Waals surface area contributed by atoms with Gasteiger partial charge >= 0.3 is 5.97 Å². The smallest absolute Gasteiger partial charge is 0.312 e. The molecule has 3 N–H and O–H groups in total. The van der Waals surface area contributed by atoms with Crippen LogP contribution in [0.2, 0.25) is 0 Å². The monoisotopic (exact) mass is 315 g/mol. The molecule has 0 spiro atoms. The van der Waals surface area contributed by atoms with Gasteiger partial charge in [-0.2, -0.15) is 0 Å². The van der Waals surface area contributed by atoms with E-state index in [-0.39, 0.29) is 0 Å². The zero-order valence-corrected chi connectivity index (χ0v) is 9.69. The minimum Gasteiger partial charge on any atom is -0.481 e. The summed E-state index contributed by atoms with van der Waals surface area (Å²) in [6.45, 7) is -0.691. The van der Waals surface area contributed by atoms with Crippen LogP contribution in [0.4, 0.5) is 17.6 Å². The van der Waals surface area contributed by atoms with Gasteiger partial charge in [-0.15, -0.1) is 0 Å². The standard InChI is InChI=1S/C9H6BrF4NO2/c10-4-7(13)5(11)3(6(12)8(4)14)2(1-15)9(16)17/h2H,1,15H2,(H,16,17). The summed E-state index contributed by atoms with van der Waals surface area (Å²) in [6, 6.07) is 0. The maximum Gasteiger partial charge on any atom is 0.312 e. The van der Waals surface area contributed by atoms with E-state index in [0.717, 1.165) is 0 Å². The maximum absolute atomic E-state index is 13.4. The van der Waals surface area contributed by atoms with E-state index in [1.165, 1.54) is 0 Å². The van der Waals surface area contributed by atoms with Gasteiger partial charge in [-0.05, 0) is 15.9 Å². The van der Waals surface area contributed by atoms with E-state index in [0.29, 0.717) is 0 Å². The van der Waals surface area contributed by atoms with Crippen LogP contribution in [0.25, 0.3) is 0 Å². The van der Waals surface area contributed by atoms with Crippen molar-refractivity contribution in [3.8, 4) is 0 Å². The van der Waals surface area contributed by atoms with Crippen molar-refractivity contribution in [1.29, 1.82) is 0 Å². The second-order valence-electron chi connectivity index (χ2n) is 3.11. The van der Waals surface area contributed by atoms with Gasteiger partial charge in [0.25, 0.3) is 0 Å². The zero-order chi connectivity index (χ0) is 13.3. The summed E-state index contributed by atoms with van der Waals surface area (Å²) in [4.78, 5) is 10.7. The molecule has 0 saturated carbocycles. The van der Waals surface area contributed by atoms with Gasteiger partial charge in [0.15, 0.2) is 23.3 Å². The van der Waals surface area contributed by atoms with Gasteiger partial charge in [-0.3, -0.25) is 4.79 Å². The molecule has 0 aliphatic heterocycles. The Morgan fingerprint density at radius 3 is 1.88 bits per heavy atom. The Morgan fingerprint density at radius 2 is 1.59 bits per heavy atom. The molecule has 17 heavy (non-hydrogen) atoms. The average molecular weight is 316 g/mol. The molecule has 0 heterocycles. The lowest BCUT2D eigenvalue weighted by Gasteiger charge is -2.14. The summed E-state index contributed by atoms with van der Waals surface area (Å²) in [7, 11) is 0. The fourth-order valence-electron chi connectivity index (χ4n) is 1.27. The van der Waals surface area contributed by atoms with E-state index in [2.05, 4.69) is 15.9 Å². The maximum atomic E-state index is 13.4. The van der Waals surface area contributed by atoms with Crippen molar-refractivity contribution in [2.75, 3.05) is 6.54 Å². The van der Waals surface area contributed by atoms with Crippen LogP contribution >= 0.6 is 15.9 Å². The van der Waals surface area contributed by atoms with E-state index in [1.807, 2.05) is 0 Å². The number of rotatable bonds is 3. The number of hydrogen-bond acceptors (Lipinski definition) is 2. The van der Waals surface area contributed by atoms with Crippen LogP contribution in [-0.2, 0) is 4.79 Å². The van der Waals surface area contributed by atoms with E-state index in [1.54, 1.807) is 0 Å². The van der Waals surface area contributed by atoms with Crippen molar-refractivity contribution in [3.05, 3.63) is 33.3 Å². The molecular formula is C9H6BrF4NO2. The lowest BCUT2D eigenvalue weighted by atomic mass is 9.97. The van der Waals surface area contributed by atoms with Gasteiger partial charge < -0.3 is 10.8 Å². The number of hydrogen-bond donors (Lipinski definition) is 2. The Balaban J connectivity index is 3.58. The summed E-state index contributed by atoms with van der Waals surface area (Å²) in [5, 5.41) is 8.66. The molecule has 0 saturated heterocycles. The summed E-state index contributed by atoms with van der Waals surface area (Å²) in [6.07, 6.45) is 0. The number of carboxylic acid groups (broad SMARTS) is 1. The third kappa shape index (κ3) is 2.27. The number of halogens is 5. The van der Waals surface area contributed by atoms with Crippen LogP contribution in [0, 0.1) is 23.3 Å². The third-order valence-electron chi connectivity index (χ3n) is 2.13. The van der Waals surface area contributed by atoms with Gasteiger partial charge in [-0.25, -0.2) is 17.6 Å². The highest BCUT2D eigenvalue weighted by Crippen LogP contribution is 2.32. The van der Waals surface area contributed by atoms with E-state index >= 15 is 0 Å². The summed E-state index contributed by atoms with van der Waals surface area (Å²) in [5.41, 5.74) is 3.79. The lowest BCUT2D eigenvalue weighted by Crippen LogP contribution is -2.24. The lowest BCUT2D eigenvalue weighted by molar-refractivity contribution is -0.138. The third-order valence-corrected chi connectivity index (χ3v) is 2.82. The van der Waals surface area contributed by atoms with E-state index < -0.39 is 51.7 Å². The highest BCUT2D eigenvalue weighted by atomic mass is 79.9. The molecular weight excluding hydrogens is 310 g/mol.